The Morgan fingerprint density at radius 1 is 1.40 bits per heavy atom. The van der Waals surface area contributed by atoms with Crippen LogP contribution in [0.1, 0.15) is 32.3 Å². The molecule has 0 aliphatic carbocycles. The van der Waals surface area contributed by atoms with E-state index in [9.17, 15) is 10.1 Å². The lowest BCUT2D eigenvalue weighted by molar-refractivity contribution is -0.385. The summed E-state index contributed by atoms with van der Waals surface area (Å²) < 4.78 is 10.9. The van der Waals surface area contributed by atoms with Gasteiger partial charge in [-0.05, 0) is 18.4 Å². The van der Waals surface area contributed by atoms with E-state index < -0.39 is 4.92 Å². The van der Waals surface area contributed by atoms with Gasteiger partial charge in [-0.3, -0.25) is 10.1 Å². The molecule has 0 fully saturated rings. The number of ether oxygens (including phenoxy) is 2. The van der Waals surface area contributed by atoms with Crippen molar-refractivity contribution in [1.29, 1.82) is 0 Å². The smallest absolute Gasteiger partial charge is 0.277 e. The summed E-state index contributed by atoms with van der Waals surface area (Å²) in [6, 6.07) is 2.96. The van der Waals surface area contributed by atoms with Crippen molar-refractivity contribution in [2.75, 3.05) is 13.7 Å². The molecule has 0 radical (unpaired) electrons. The minimum absolute atomic E-state index is 0.0357. The molecule has 0 heterocycles. The summed E-state index contributed by atoms with van der Waals surface area (Å²) in [4.78, 5) is 10.6. The molecule has 2 N–H and O–H groups in total. The second-order valence-electron chi connectivity index (χ2n) is 4.80. The Bertz CT molecular complexity index is 463. The monoisotopic (exact) mass is 282 g/mol. The van der Waals surface area contributed by atoms with Gasteiger partial charge in [0, 0.05) is 12.1 Å². The fraction of sp³-hybridized carbons (Fsp3) is 0.571. The van der Waals surface area contributed by atoms with Gasteiger partial charge in [0.05, 0.1) is 24.7 Å². The van der Waals surface area contributed by atoms with Crippen molar-refractivity contribution in [3.63, 3.8) is 0 Å². The summed E-state index contributed by atoms with van der Waals surface area (Å²) in [5, 5.41) is 11.0. The lowest BCUT2D eigenvalue weighted by Gasteiger charge is -2.15. The average molecular weight is 282 g/mol. The molecule has 1 unspecified atom stereocenters. The Labute approximate surface area is 119 Å². The summed E-state index contributed by atoms with van der Waals surface area (Å²) in [6.07, 6.45) is 2.12. The predicted molar refractivity (Wildman–Crippen MR) is 77.1 cm³/mol. The Morgan fingerprint density at radius 2 is 2.10 bits per heavy atom. The van der Waals surface area contributed by atoms with Crippen molar-refractivity contribution in [3.8, 4) is 11.5 Å². The van der Waals surface area contributed by atoms with Crippen molar-refractivity contribution in [2.24, 2.45) is 11.7 Å². The minimum atomic E-state index is -0.454. The molecular weight excluding hydrogens is 260 g/mol. The summed E-state index contributed by atoms with van der Waals surface area (Å²) in [6.45, 7) is 4.78. The zero-order valence-electron chi connectivity index (χ0n) is 12.2. The van der Waals surface area contributed by atoms with Crippen LogP contribution in [0.2, 0.25) is 0 Å². The third-order valence-corrected chi connectivity index (χ3v) is 3.09. The highest BCUT2D eigenvalue weighted by atomic mass is 16.6. The van der Waals surface area contributed by atoms with Gasteiger partial charge in [-0.15, -0.1) is 0 Å². The molecule has 0 saturated carbocycles. The van der Waals surface area contributed by atoms with Crippen LogP contribution in [0.4, 0.5) is 5.69 Å². The van der Waals surface area contributed by atoms with E-state index in [0.29, 0.717) is 29.6 Å². The first-order valence-electron chi connectivity index (χ1n) is 6.71. The number of hydrogen-bond donors (Lipinski definition) is 1. The number of benzene rings is 1. The Morgan fingerprint density at radius 3 is 2.60 bits per heavy atom. The number of methoxy groups -OCH3 is 1. The molecule has 1 rings (SSSR count). The van der Waals surface area contributed by atoms with E-state index in [0.717, 1.165) is 12.8 Å². The molecule has 0 saturated heterocycles. The summed E-state index contributed by atoms with van der Waals surface area (Å²) in [5.74, 6) is 1.25. The van der Waals surface area contributed by atoms with Crippen molar-refractivity contribution in [3.05, 3.63) is 27.8 Å². The first-order valence-corrected chi connectivity index (χ1v) is 6.71. The van der Waals surface area contributed by atoms with Gasteiger partial charge in [-0.2, -0.15) is 0 Å². The van der Waals surface area contributed by atoms with Crippen molar-refractivity contribution < 1.29 is 14.4 Å². The van der Waals surface area contributed by atoms with E-state index in [4.69, 9.17) is 15.2 Å². The van der Waals surface area contributed by atoms with Crippen LogP contribution < -0.4 is 15.2 Å². The quantitative estimate of drug-likeness (QED) is 0.585. The molecule has 0 aromatic heterocycles. The van der Waals surface area contributed by atoms with E-state index in [1.54, 1.807) is 6.07 Å². The van der Waals surface area contributed by atoms with Crippen LogP contribution in [-0.4, -0.2) is 18.6 Å². The van der Waals surface area contributed by atoms with Crippen LogP contribution in [0.15, 0.2) is 12.1 Å². The van der Waals surface area contributed by atoms with Gasteiger partial charge in [0.2, 0.25) is 0 Å². The highest BCUT2D eigenvalue weighted by Gasteiger charge is 2.19. The predicted octanol–water partition coefficient (Wildman–Crippen LogP) is 2.88. The fourth-order valence-electron chi connectivity index (χ4n) is 2.01. The highest BCUT2D eigenvalue weighted by molar-refractivity contribution is 5.54. The highest BCUT2D eigenvalue weighted by Crippen LogP contribution is 2.34. The molecule has 0 spiro atoms. The maximum Gasteiger partial charge on any atom is 0.277 e. The van der Waals surface area contributed by atoms with Crippen molar-refractivity contribution >= 4 is 5.69 Å². The third-order valence-electron chi connectivity index (χ3n) is 3.09. The maximum atomic E-state index is 11.0. The number of nitrogens with two attached hydrogens (primary N) is 1. The van der Waals surface area contributed by atoms with Crippen LogP contribution >= 0.6 is 0 Å². The van der Waals surface area contributed by atoms with E-state index in [-0.39, 0.29) is 12.2 Å². The molecule has 1 atom stereocenters. The molecule has 0 aliphatic heterocycles. The van der Waals surface area contributed by atoms with Crippen LogP contribution in [0, 0.1) is 16.0 Å². The molecule has 20 heavy (non-hydrogen) atoms. The Kier molecular flexibility index (Phi) is 6.24. The molecule has 0 aliphatic rings. The molecular formula is C14H22N2O4. The van der Waals surface area contributed by atoms with E-state index in [2.05, 4.69) is 13.8 Å². The van der Waals surface area contributed by atoms with Crippen LogP contribution in [-0.2, 0) is 6.54 Å². The molecule has 0 bridgehead atoms. The molecule has 112 valence electrons. The van der Waals surface area contributed by atoms with Gasteiger partial charge in [0.1, 0.15) is 0 Å². The summed E-state index contributed by atoms with van der Waals surface area (Å²) >= 11 is 0. The zero-order valence-corrected chi connectivity index (χ0v) is 12.2. The topological polar surface area (TPSA) is 87.6 Å². The Balaban J connectivity index is 2.99. The van der Waals surface area contributed by atoms with Crippen LogP contribution in [0.25, 0.3) is 0 Å². The number of rotatable bonds is 8. The lowest BCUT2D eigenvalue weighted by Crippen LogP contribution is -2.10. The normalized spacial score (nSPS) is 12.0. The Hall–Kier alpha value is -1.82. The van der Waals surface area contributed by atoms with E-state index in [1.165, 1.54) is 13.2 Å². The molecule has 1 aromatic carbocycles. The van der Waals surface area contributed by atoms with Crippen LogP contribution in [0.3, 0.4) is 0 Å². The second kappa shape index (κ2) is 7.69. The average Bonchev–Trinajstić information content (AvgIpc) is 2.44. The lowest BCUT2D eigenvalue weighted by atomic mass is 10.1. The second-order valence-corrected chi connectivity index (χ2v) is 4.80. The van der Waals surface area contributed by atoms with Crippen molar-refractivity contribution in [1.82, 2.24) is 0 Å². The molecule has 0 amide bonds. The summed E-state index contributed by atoms with van der Waals surface area (Å²) in [7, 11) is 1.50. The van der Waals surface area contributed by atoms with E-state index >= 15 is 0 Å². The first-order chi connectivity index (χ1) is 9.53. The largest absolute Gasteiger partial charge is 0.493 e. The SMILES string of the molecule is CCCC(C)COc1cc([N+](=O)[O-])c(CN)cc1OC. The fourth-order valence-corrected chi connectivity index (χ4v) is 2.01. The van der Waals surface area contributed by atoms with Gasteiger partial charge in [0.15, 0.2) is 11.5 Å². The first kappa shape index (κ1) is 16.2. The molecule has 6 heteroatoms. The molecule has 6 nitrogen and oxygen atoms in total. The van der Waals surface area contributed by atoms with Gasteiger partial charge in [0.25, 0.3) is 5.69 Å². The number of hydrogen-bond acceptors (Lipinski definition) is 5. The molecule has 1 aromatic rings. The maximum absolute atomic E-state index is 11.0. The summed E-state index contributed by atoms with van der Waals surface area (Å²) in [5.41, 5.74) is 5.92. The van der Waals surface area contributed by atoms with Gasteiger partial charge in [-0.25, -0.2) is 0 Å². The number of nitro groups is 1. The van der Waals surface area contributed by atoms with Gasteiger partial charge in [-0.1, -0.05) is 20.3 Å². The number of nitro benzene ring substituents is 1. The van der Waals surface area contributed by atoms with Gasteiger partial charge < -0.3 is 15.2 Å². The minimum Gasteiger partial charge on any atom is -0.493 e. The van der Waals surface area contributed by atoms with E-state index in [1.807, 2.05) is 0 Å². The third kappa shape index (κ3) is 4.09. The zero-order chi connectivity index (χ0) is 15.1. The standard InChI is InChI=1S/C14H22N2O4/c1-4-5-10(2)9-20-14-7-12(16(17)18)11(8-15)6-13(14)19-3/h6-7,10H,4-5,8-9,15H2,1-3H3. The van der Waals surface area contributed by atoms with Crippen LogP contribution in [0.5, 0.6) is 11.5 Å². The van der Waals surface area contributed by atoms with Crippen molar-refractivity contribution in [2.45, 2.75) is 33.2 Å². The van der Waals surface area contributed by atoms with Gasteiger partial charge >= 0.3 is 0 Å². The number of nitrogens with zero attached hydrogens (tertiary/aromatic N) is 1.